The molecule has 0 radical (unpaired) electrons. The Morgan fingerprint density at radius 3 is 2.41 bits per heavy atom. The van der Waals surface area contributed by atoms with Crippen LogP contribution < -0.4 is 15.0 Å². The van der Waals surface area contributed by atoms with E-state index in [2.05, 4.69) is 37.2 Å². The van der Waals surface area contributed by atoms with Crippen molar-refractivity contribution in [2.75, 3.05) is 11.5 Å². The third kappa shape index (κ3) is 4.72. The average Bonchev–Trinajstić information content (AvgIpc) is 2.65. The van der Waals surface area contributed by atoms with Gasteiger partial charge in [-0.3, -0.25) is 14.9 Å². The quantitative estimate of drug-likeness (QED) is 0.459. The van der Waals surface area contributed by atoms with Gasteiger partial charge in [0.1, 0.15) is 11.3 Å². The van der Waals surface area contributed by atoms with Gasteiger partial charge in [-0.25, -0.2) is 14.5 Å². The number of nitrogens with one attached hydrogen (secondary N) is 1. The minimum Gasteiger partial charge on any atom is -0.481 e. The molecule has 0 saturated carbocycles. The molecule has 0 spiro atoms. The summed E-state index contributed by atoms with van der Waals surface area (Å²) in [6, 6.07) is 10.3. The van der Waals surface area contributed by atoms with Gasteiger partial charge in [-0.05, 0) is 64.0 Å². The Balaban J connectivity index is 1.91. The fourth-order valence-corrected chi connectivity index (χ4v) is 3.29. The second-order valence-corrected chi connectivity index (χ2v) is 7.58. The zero-order valence-electron chi connectivity index (χ0n) is 14.5. The van der Waals surface area contributed by atoms with Crippen molar-refractivity contribution in [1.82, 2.24) is 5.32 Å². The highest BCUT2D eigenvalue weighted by atomic mass is 79.9. The number of aliphatic carboxylic acids is 1. The summed E-state index contributed by atoms with van der Waals surface area (Å²) in [5.41, 5.74) is 0.564. The molecule has 4 amide bonds. The Labute approximate surface area is 181 Å². The summed E-state index contributed by atoms with van der Waals surface area (Å²) in [5, 5.41) is 10.8. The van der Waals surface area contributed by atoms with E-state index in [4.69, 9.17) is 9.84 Å². The normalized spacial score (nSPS) is 15.4. The molecule has 0 unspecified atom stereocenters. The molecule has 1 heterocycles. The molecule has 0 aromatic heterocycles. The number of urea groups is 1. The third-order valence-corrected chi connectivity index (χ3v) is 4.95. The molecule has 1 fully saturated rings. The Morgan fingerprint density at radius 1 is 1.10 bits per heavy atom. The molecule has 29 heavy (non-hydrogen) atoms. The van der Waals surface area contributed by atoms with Crippen molar-refractivity contribution >= 4 is 67.4 Å². The number of carboxylic acids is 1. The van der Waals surface area contributed by atoms with Gasteiger partial charge in [0.15, 0.2) is 6.61 Å². The molecule has 0 aliphatic carbocycles. The van der Waals surface area contributed by atoms with E-state index in [9.17, 15) is 19.2 Å². The molecule has 10 heteroatoms. The molecule has 8 nitrogen and oxygen atoms in total. The van der Waals surface area contributed by atoms with Crippen LogP contribution >= 0.6 is 31.9 Å². The molecule has 1 saturated heterocycles. The zero-order chi connectivity index (χ0) is 21.1. The van der Waals surface area contributed by atoms with Crippen LogP contribution in [-0.2, 0) is 14.4 Å². The maximum atomic E-state index is 12.8. The van der Waals surface area contributed by atoms with Crippen LogP contribution in [0.2, 0.25) is 0 Å². The Bertz CT molecular complexity index is 1050. The highest BCUT2D eigenvalue weighted by Crippen LogP contribution is 2.28. The van der Waals surface area contributed by atoms with Crippen LogP contribution in [0.4, 0.5) is 10.5 Å². The minimum absolute atomic E-state index is 0.223. The first-order valence-corrected chi connectivity index (χ1v) is 9.66. The number of carbonyl (C=O) groups excluding carboxylic acids is 3. The number of barbiturate groups is 1. The molecule has 1 aliphatic heterocycles. The predicted octanol–water partition coefficient (Wildman–Crippen LogP) is 3.34. The summed E-state index contributed by atoms with van der Waals surface area (Å²) in [7, 11) is 0. The lowest BCUT2D eigenvalue weighted by molar-refractivity contribution is -0.139. The lowest BCUT2D eigenvalue weighted by Crippen LogP contribution is -2.54. The summed E-state index contributed by atoms with van der Waals surface area (Å²) < 4.78 is 6.33. The lowest BCUT2D eigenvalue weighted by Gasteiger charge is -2.26. The smallest absolute Gasteiger partial charge is 0.341 e. The first-order chi connectivity index (χ1) is 13.8. The third-order valence-electron chi connectivity index (χ3n) is 3.80. The summed E-state index contributed by atoms with van der Waals surface area (Å²) >= 11 is 6.54. The highest BCUT2D eigenvalue weighted by Gasteiger charge is 2.36. The number of carbonyl (C=O) groups is 4. The first kappa shape index (κ1) is 20.7. The van der Waals surface area contributed by atoms with Crippen LogP contribution in [-0.4, -0.2) is 35.5 Å². The molecule has 1 aliphatic rings. The molecular formula is C19H12Br2N2O6. The monoisotopic (exact) mass is 522 g/mol. The minimum atomic E-state index is -1.12. The van der Waals surface area contributed by atoms with E-state index in [1.165, 1.54) is 12.1 Å². The number of nitrogens with zero attached hydrogens (tertiary/aromatic N) is 1. The highest BCUT2D eigenvalue weighted by molar-refractivity contribution is 9.10. The van der Waals surface area contributed by atoms with E-state index in [0.717, 1.165) is 9.37 Å². The maximum Gasteiger partial charge on any atom is 0.341 e. The van der Waals surface area contributed by atoms with Crippen molar-refractivity contribution in [3.63, 3.8) is 0 Å². The number of ether oxygens (including phenoxy) is 1. The maximum absolute atomic E-state index is 12.8. The van der Waals surface area contributed by atoms with E-state index in [1.54, 1.807) is 36.4 Å². The van der Waals surface area contributed by atoms with Crippen LogP contribution in [0.25, 0.3) is 6.08 Å². The van der Waals surface area contributed by atoms with Crippen molar-refractivity contribution in [3.05, 3.63) is 62.5 Å². The first-order valence-electron chi connectivity index (χ1n) is 8.07. The molecule has 148 valence electrons. The number of imide groups is 2. The largest absolute Gasteiger partial charge is 0.481 e. The molecule has 0 bridgehead atoms. The van der Waals surface area contributed by atoms with Crippen molar-refractivity contribution in [1.29, 1.82) is 0 Å². The average molecular weight is 524 g/mol. The van der Waals surface area contributed by atoms with Gasteiger partial charge in [-0.1, -0.05) is 22.0 Å². The van der Waals surface area contributed by atoms with Crippen molar-refractivity contribution in [2.24, 2.45) is 0 Å². The van der Waals surface area contributed by atoms with E-state index < -0.39 is 30.4 Å². The summed E-state index contributed by atoms with van der Waals surface area (Å²) in [5.74, 6) is -2.40. The van der Waals surface area contributed by atoms with Gasteiger partial charge in [0.25, 0.3) is 11.8 Å². The second-order valence-electron chi connectivity index (χ2n) is 5.81. The van der Waals surface area contributed by atoms with Crippen molar-refractivity contribution in [3.8, 4) is 5.75 Å². The van der Waals surface area contributed by atoms with E-state index >= 15 is 0 Å². The van der Waals surface area contributed by atoms with Gasteiger partial charge in [-0.2, -0.15) is 0 Å². The van der Waals surface area contributed by atoms with Gasteiger partial charge in [0, 0.05) is 4.47 Å². The Hall–Kier alpha value is -2.98. The van der Waals surface area contributed by atoms with Crippen LogP contribution in [0.15, 0.2) is 57.0 Å². The van der Waals surface area contributed by atoms with Crippen LogP contribution in [0.5, 0.6) is 5.75 Å². The number of benzene rings is 2. The standard InChI is InChI=1S/C19H12Br2N2O6/c20-11-2-4-12(5-3-11)23-18(27)13(17(26)22-19(23)28)7-10-1-6-15(14(21)8-10)29-9-16(24)25/h1-8H,9H2,(H,24,25)(H,22,26,28)/b13-7+. The van der Waals surface area contributed by atoms with Gasteiger partial charge in [0.05, 0.1) is 10.2 Å². The van der Waals surface area contributed by atoms with Gasteiger partial charge < -0.3 is 9.84 Å². The molecule has 2 N–H and O–H groups in total. The number of rotatable bonds is 5. The zero-order valence-corrected chi connectivity index (χ0v) is 17.7. The molecular weight excluding hydrogens is 512 g/mol. The summed E-state index contributed by atoms with van der Waals surface area (Å²) in [6.45, 7) is -0.510. The van der Waals surface area contributed by atoms with Gasteiger partial charge in [-0.15, -0.1) is 0 Å². The molecule has 0 atom stereocenters. The van der Waals surface area contributed by atoms with Gasteiger partial charge >= 0.3 is 12.0 Å². The summed E-state index contributed by atoms with van der Waals surface area (Å²) in [6.07, 6.45) is 1.34. The number of hydrogen-bond acceptors (Lipinski definition) is 5. The van der Waals surface area contributed by atoms with Crippen LogP contribution in [0, 0.1) is 0 Å². The number of amides is 4. The SMILES string of the molecule is O=C(O)COc1ccc(/C=C2\C(=O)NC(=O)N(c3ccc(Br)cc3)C2=O)cc1Br. The number of carboxylic acid groups (broad SMARTS) is 1. The van der Waals surface area contributed by atoms with Crippen LogP contribution in [0.3, 0.4) is 0 Å². The number of hydrogen-bond donors (Lipinski definition) is 2. The molecule has 3 rings (SSSR count). The fraction of sp³-hybridized carbons (Fsp3) is 0.0526. The second kappa shape index (κ2) is 8.58. The predicted molar refractivity (Wildman–Crippen MR) is 110 cm³/mol. The Morgan fingerprint density at radius 2 is 1.79 bits per heavy atom. The molecule has 2 aromatic rings. The van der Waals surface area contributed by atoms with Crippen molar-refractivity contribution < 1.29 is 29.0 Å². The number of anilines is 1. The molecule has 2 aromatic carbocycles. The Kier molecular flexibility index (Phi) is 6.14. The number of halogens is 2. The lowest BCUT2D eigenvalue weighted by atomic mass is 10.1. The fourth-order valence-electron chi connectivity index (χ4n) is 2.51. The summed E-state index contributed by atoms with van der Waals surface area (Å²) in [4.78, 5) is 48.7. The van der Waals surface area contributed by atoms with E-state index in [-0.39, 0.29) is 5.57 Å². The van der Waals surface area contributed by atoms with Crippen LogP contribution in [0.1, 0.15) is 5.56 Å². The van der Waals surface area contributed by atoms with E-state index in [0.29, 0.717) is 21.5 Å². The topological polar surface area (TPSA) is 113 Å². The van der Waals surface area contributed by atoms with Gasteiger partial charge in [0.2, 0.25) is 0 Å². The van der Waals surface area contributed by atoms with E-state index in [1.807, 2.05) is 0 Å². The van der Waals surface area contributed by atoms with Crippen molar-refractivity contribution in [2.45, 2.75) is 0 Å².